The van der Waals surface area contributed by atoms with Crippen molar-refractivity contribution in [2.75, 3.05) is 126 Å². The van der Waals surface area contributed by atoms with E-state index in [1.807, 2.05) is 62.4 Å². The second kappa shape index (κ2) is 34.7. The number of morpholine rings is 2. The molecule has 4 amide bonds. The van der Waals surface area contributed by atoms with Gasteiger partial charge in [-0.25, -0.2) is 56.2 Å². The van der Waals surface area contributed by atoms with Crippen molar-refractivity contribution < 1.29 is 69.2 Å². The van der Waals surface area contributed by atoms with Crippen LogP contribution in [0, 0.1) is 55.7 Å². The number of rotatable bonds is 21. The maximum Gasteiger partial charge on any atom is 0.262 e. The number of hydrogen-bond donors (Lipinski definition) is 7. The first-order valence-corrected chi connectivity index (χ1v) is 35.7. The predicted molar refractivity (Wildman–Crippen MR) is 412 cm³/mol. The summed E-state index contributed by atoms with van der Waals surface area (Å²) < 4.78 is 118. The Morgan fingerprint density at radius 2 is 0.786 bits per heavy atom. The molecule has 8 heterocycles. The largest absolute Gasteiger partial charge is 0.435 e. The lowest BCUT2D eigenvalue weighted by Crippen LogP contribution is -2.36. The standard InChI is InChI=1S/2C27H28F2N6O3.C25H24F2N6O3/c1-4-34(3)27(36)22-25(33-17-5-7-18(8-6-17)35-9-11-37-12-10-35)30-15-31-26(22)38-21-14-20(28)24-19(23(21)29)13-16(2)32-24;1-4-34(3)27(36)22-25(33-17-6-5-7-18(13-17)35-8-10-37-11-9-35)30-15-31-26(22)38-21-14-20(28)24-19(23(21)29)12-16(2)32-24;1-5-33(4)25(35)19-22(32-15-8-6-14(7-9-15)23(34)28-3)29-12-30-24(19)36-18-11-17(26)21-16(20(18)27)10-13(2)31-21/h5-8,13-15,32H,4,9-12H2,1-3H3,(H,30,31,33);5-7,12-15,32H,4,8-11H2,1-3H3,(H,30,31,33);6-12,31H,5H2,1-4H3,(H,28,34)(H,29,30,32). The van der Waals surface area contributed by atoms with Gasteiger partial charge in [0.25, 0.3) is 23.6 Å². The first-order valence-electron chi connectivity index (χ1n) is 35.7. The second-order valence-corrected chi connectivity index (χ2v) is 26.0. The van der Waals surface area contributed by atoms with E-state index < -0.39 is 58.4 Å². The lowest BCUT2D eigenvalue weighted by Gasteiger charge is -2.29. The highest BCUT2D eigenvalue weighted by Crippen LogP contribution is 2.40. The smallest absolute Gasteiger partial charge is 0.262 e. The maximum atomic E-state index is 15.3. The van der Waals surface area contributed by atoms with Gasteiger partial charge in [0.1, 0.15) is 35.7 Å². The monoisotopic (exact) mass is 1540 g/mol. The third-order valence-electron chi connectivity index (χ3n) is 18.5. The molecule has 0 spiro atoms. The highest BCUT2D eigenvalue weighted by atomic mass is 19.1. The third kappa shape index (κ3) is 17.3. The Kier molecular flexibility index (Phi) is 24.3. The number of nitrogens with one attached hydrogen (secondary N) is 7. The van der Waals surface area contributed by atoms with E-state index in [0.29, 0.717) is 85.8 Å². The Morgan fingerprint density at radius 1 is 0.446 bits per heavy atom. The number of hydrogen-bond acceptors (Lipinski definition) is 20. The molecule has 0 bridgehead atoms. The number of H-pyrrole nitrogens is 3. The van der Waals surface area contributed by atoms with E-state index in [1.54, 1.807) is 73.1 Å². The summed E-state index contributed by atoms with van der Waals surface area (Å²) in [4.78, 5) is 94.0. The molecule has 33 heteroatoms. The molecular weight excluding hydrogens is 1460 g/mol. The van der Waals surface area contributed by atoms with E-state index in [9.17, 15) is 32.3 Å². The molecule has 0 unspecified atom stereocenters. The number of benzene rings is 6. The number of ether oxygens (including phenoxy) is 5. The number of anilines is 8. The summed E-state index contributed by atoms with van der Waals surface area (Å²) in [6.07, 6.45) is 3.56. The summed E-state index contributed by atoms with van der Waals surface area (Å²) in [5.74, 6) is -7.39. The average Bonchev–Trinajstić information content (AvgIpc) is 1.38. The average molecular weight is 1540 g/mol. The lowest BCUT2D eigenvalue weighted by molar-refractivity contribution is 0.0791. The van der Waals surface area contributed by atoms with Crippen molar-refractivity contribution in [1.29, 1.82) is 0 Å². The van der Waals surface area contributed by atoms with E-state index in [1.165, 1.54) is 52.6 Å². The van der Waals surface area contributed by atoms with Crippen LogP contribution in [-0.2, 0) is 9.47 Å². The fourth-order valence-electron chi connectivity index (χ4n) is 12.2. The minimum Gasteiger partial charge on any atom is -0.435 e. The van der Waals surface area contributed by atoms with Gasteiger partial charge in [0.2, 0.25) is 17.6 Å². The summed E-state index contributed by atoms with van der Waals surface area (Å²) in [5, 5.41) is 12.0. The van der Waals surface area contributed by atoms with Crippen molar-refractivity contribution in [3.8, 4) is 34.9 Å². The number of aryl methyl sites for hydroxylation is 3. The minimum atomic E-state index is -0.795. The van der Waals surface area contributed by atoms with Crippen LogP contribution in [0.1, 0.15) is 79.3 Å². The molecule has 0 saturated carbocycles. The Balaban J connectivity index is 0.000000156. The van der Waals surface area contributed by atoms with Gasteiger partial charge in [-0.2, -0.15) is 0 Å². The van der Waals surface area contributed by atoms with Gasteiger partial charge in [-0.3, -0.25) is 19.2 Å². The van der Waals surface area contributed by atoms with E-state index in [4.69, 9.17) is 23.7 Å². The van der Waals surface area contributed by atoms with Crippen molar-refractivity contribution in [3.63, 3.8) is 0 Å². The predicted octanol–water partition coefficient (Wildman–Crippen LogP) is 14.5. The molecule has 27 nitrogen and oxygen atoms in total. The number of nitrogens with zero attached hydrogens (tertiary/aromatic N) is 11. The Morgan fingerprint density at radius 3 is 1.13 bits per heavy atom. The maximum absolute atomic E-state index is 15.3. The molecule has 2 saturated heterocycles. The van der Waals surface area contributed by atoms with Crippen LogP contribution in [0.25, 0.3) is 32.7 Å². The van der Waals surface area contributed by atoms with Crippen molar-refractivity contribution in [2.45, 2.75) is 41.5 Å². The number of amides is 4. The van der Waals surface area contributed by atoms with Gasteiger partial charge in [-0.15, -0.1) is 0 Å². The highest BCUT2D eigenvalue weighted by molar-refractivity contribution is 6.04. The molecule has 12 aromatic rings. The molecule has 112 heavy (non-hydrogen) atoms. The summed E-state index contributed by atoms with van der Waals surface area (Å²) in [6, 6.07) is 29.1. The molecule has 6 aromatic carbocycles. The molecule has 582 valence electrons. The summed E-state index contributed by atoms with van der Waals surface area (Å²) in [5.41, 5.74) is 6.21. The van der Waals surface area contributed by atoms with Crippen LogP contribution in [0.2, 0.25) is 0 Å². The zero-order valence-corrected chi connectivity index (χ0v) is 62.8. The Bertz CT molecular complexity index is 5460. The summed E-state index contributed by atoms with van der Waals surface area (Å²) >= 11 is 0. The van der Waals surface area contributed by atoms with Gasteiger partial charge in [-0.05, 0) is 126 Å². The van der Waals surface area contributed by atoms with E-state index >= 15 is 13.2 Å². The molecule has 2 aliphatic rings. The first-order chi connectivity index (χ1) is 53.9. The molecule has 2 fully saturated rings. The van der Waals surface area contributed by atoms with Crippen molar-refractivity contribution in [1.82, 2.24) is 64.9 Å². The molecule has 0 aliphatic carbocycles. The molecule has 0 atom stereocenters. The molecule has 7 N–H and O–H groups in total. The zero-order chi connectivity index (χ0) is 79.6. The van der Waals surface area contributed by atoms with E-state index in [-0.39, 0.29) is 102 Å². The van der Waals surface area contributed by atoms with Crippen LogP contribution in [-0.4, -0.2) is 184 Å². The molecule has 6 aromatic heterocycles. The minimum absolute atomic E-state index is 0.000685. The van der Waals surface area contributed by atoms with Crippen molar-refractivity contribution in [3.05, 3.63) is 202 Å². The number of carbonyl (C=O) groups excluding carboxylic acids is 4. The number of fused-ring (bicyclic) bond motifs is 3. The number of halogens is 6. The van der Waals surface area contributed by atoms with Crippen LogP contribution in [0.3, 0.4) is 0 Å². The highest BCUT2D eigenvalue weighted by Gasteiger charge is 2.31. The SMILES string of the molecule is CCN(C)C(=O)c1c(Nc2ccc(C(=O)NC)cc2)ncnc1Oc1cc(F)c2[nH]c(C)cc2c1F.CCN(C)C(=O)c1c(Nc2ccc(N3CCOCC3)cc2)ncnc1Oc1cc(F)c2[nH]c(C)cc2c1F.CCN(C)C(=O)c1c(Nc2cccc(N3CCOCC3)c2)ncnc1Oc1cc(F)c2[nH]c(C)cc2c1F. The quantitative estimate of drug-likeness (QED) is 0.0329. The molecular formula is C79H80F6N18O9. The van der Waals surface area contributed by atoms with Crippen LogP contribution in [0.15, 0.2) is 128 Å². The van der Waals surface area contributed by atoms with Gasteiger partial charge >= 0.3 is 0 Å². The van der Waals surface area contributed by atoms with Crippen LogP contribution in [0.5, 0.6) is 34.9 Å². The van der Waals surface area contributed by atoms with E-state index in [2.05, 4.69) is 75.9 Å². The van der Waals surface area contributed by atoms with Gasteiger partial charge < -0.3 is 84.4 Å². The topological polar surface area (TPSA) is 303 Å². The van der Waals surface area contributed by atoms with Crippen molar-refractivity contribution >= 4 is 102 Å². The van der Waals surface area contributed by atoms with Gasteiger partial charge in [-0.1, -0.05) is 6.07 Å². The molecule has 0 radical (unpaired) electrons. The fraction of sp³-hybridized carbons (Fsp3) is 0.266. The normalized spacial score (nSPS) is 12.7. The first kappa shape index (κ1) is 78.5. The zero-order valence-electron chi connectivity index (χ0n) is 62.8. The van der Waals surface area contributed by atoms with Gasteiger partial charge in [0, 0.05) is 159 Å². The second-order valence-electron chi connectivity index (χ2n) is 26.0. The van der Waals surface area contributed by atoms with Gasteiger partial charge in [0.15, 0.2) is 69.6 Å². The molecule has 14 rings (SSSR count). The van der Waals surface area contributed by atoms with Crippen LogP contribution >= 0.6 is 0 Å². The fourth-order valence-corrected chi connectivity index (χ4v) is 12.2. The van der Waals surface area contributed by atoms with E-state index in [0.717, 1.165) is 62.1 Å². The third-order valence-corrected chi connectivity index (χ3v) is 18.5. The van der Waals surface area contributed by atoms with Crippen LogP contribution in [0.4, 0.5) is 72.2 Å². The number of aromatic amines is 3. The number of aromatic nitrogens is 9. The summed E-state index contributed by atoms with van der Waals surface area (Å²) in [6.45, 7) is 17.5. The van der Waals surface area contributed by atoms with Crippen LogP contribution < -0.4 is 45.3 Å². The lowest BCUT2D eigenvalue weighted by atomic mass is 10.2. The number of carbonyl (C=O) groups is 4. The van der Waals surface area contributed by atoms with Crippen molar-refractivity contribution in [2.24, 2.45) is 0 Å². The summed E-state index contributed by atoms with van der Waals surface area (Å²) in [7, 11) is 6.35. The van der Waals surface area contributed by atoms with Gasteiger partial charge in [0.05, 0.1) is 43.0 Å². The Hall–Kier alpha value is -13.0. The molecule has 2 aliphatic heterocycles. The Labute approximate surface area is 638 Å².